The Kier molecular flexibility index (Phi) is 1.82. The zero-order valence-electron chi connectivity index (χ0n) is 7.14. The molecule has 0 unspecified atom stereocenters. The number of ether oxygens (including phenoxy) is 1. The third kappa shape index (κ3) is 1.20. The van der Waals surface area contributed by atoms with E-state index in [1.165, 1.54) is 0 Å². The summed E-state index contributed by atoms with van der Waals surface area (Å²) in [4.78, 5) is 3.89. The van der Waals surface area contributed by atoms with Crippen LogP contribution in [0.2, 0.25) is 0 Å². The van der Waals surface area contributed by atoms with Crippen LogP contribution in [0.15, 0.2) is 12.4 Å². The van der Waals surface area contributed by atoms with Crippen molar-refractivity contribution in [3.63, 3.8) is 0 Å². The summed E-state index contributed by atoms with van der Waals surface area (Å²) in [6.45, 7) is 0.407. The van der Waals surface area contributed by atoms with Gasteiger partial charge in [0.1, 0.15) is 6.61 Å². The van der Waals surface area contributed by atoms with Crippen molar-refractivity contribution in [2.24, 2.45) is 0 Å². The molecule has 0 bridgehead atoms. The maximum atomic E-state index is 5.59. The highest BCUT2D eigenvalue weighted by atomic mass is 16.5. The van der Waals surface area contributed by atoms with E-state index in [4.69, 9.17) is 10.5 Å². The van der Waals surface area contributed by atoms with Gasteiger partial charge < -0.3 is 10.5 Å². The first kappa shape index (κ1) is 7.93. The minimum absolute atomic E-state index is 0.373. The van der Waals surface area contributed by atoms with Crippen LogP contribution in [0.1, 0.15) is 5.82 Å². The number of hydrogen-bond donors (Lipinski definition) is 1. The minimum Gasteiger partial charge on any atom is -0.381 e. The summed E-state index contributed by atoms with van der Waals surface area (Å²) in [6, 6.07) is 0. The third-order valence-corrected chi connectivity index (χ3v) is 1.70. The van der Waals surface area contributed by atoms with Gasteiger partial charge in [-0.15, -0.1) is 10.2 Å². The van der Waals surface area contributed by atoms with Crippen LogP contribution < -0.4 is 5.73 Å². The van der Waals surface area contributed by atoms with Gasteiger partial charge in [-0.05, 0) is 0 Å². The van der Waals surface area contributed by atoms with E-state index < -0.39 is 0 Å². The smallest absolute Gasteiger partial charge is 0.203 e. The van der Waals surface area contributed by atoms with Gasteiger partial charge in [-0.3, -0.25) is 4.40 Å². The topological polar surface area (TPSA) is 78.3 Å². The van der Waals surface area contributed by atoms with Crippen molar-refractivity contribution in [2.45, 2.75) is 6.61 Å². The Bertz CT molecular complexity index is 424. The molecule has 2 heterocycles. The van der Waals surface area contributed by atoms with Gasteiger partial charge in [0.05, 0.1) is 0 Å². The molecule has 2 rings (SSSR count). The van der Waals surface area contributed by atoms with E-state index in [2.05, 4.69) is 15.2 Å². The van der Waals surface area contributed by atoms with E-state index in [1.54, 1.807) is 23.9 Å². The van der Waals surface area contributed by atoms with Gasteiger partial charge in [0.2, 0.25) is 5.65 Å². The van der Waals surface area contributed by atoms with Gasteiger partial charge in [-0.25, -0.2) is 4.98 Å². The fourth-order valence-corrected chi connectivity index (χ4v) is 1.12. The molecular weight excluding hydrogens is 170 g/mol. The predicted octanol–water partition coefficient (Wildman–Crippen LogP) is -0.147. The summed E-state index contributed by atoms with van der Waals surface area (Å²) < 4.78 is 6.71. The highest BCUT2D eigenvalue weighted by molar-refractivity contribution is 5.58. The van der Waals surface area contributed by atoms with Gasteiger partial charge in [0, 0.05) is 19.5 Å². The van der Waals surface area contributed by atoms with Gasteiger partial charge in [-0.2, -0.15) is 0 Å². The monoisotopic (exact) mass is 179 g/mol. The number of nitrogens with zero attached hydrogens (tertiary/aromatic N) is 4. The van der Waals surface area contributed by atoms with Gasteiger partial charge in [0.25, 0.3) is 0 Å². The van der Waals surface area contributed by atoms with Crippen LogP contribution >= 0.6 is 0 Å². The zero-order chi connectivity index (χ0) is 9.26. The molecular formula is C7H9N5O. The van der Waals surface area contributed by atoms with E-state index in [0.29, 0.717) is 23.9 Å². The predicted molar refractivity (Wildman–Crippen MR) is 45.9 cm³/mol. The van der Waals surface area contributed by atoms with Crippen LogP contribution in [0.5, 0.6) is 0 Å². The number of aromatic nitrogens is 4. The SMILES string of the molecule is COCc1nnc2c(N)nccn12. The third-order valence-electron chi connectivity index (χ3n) is 1.70. The van der Waals surface area contributed by atoms with Crippen LogP contribution in [0.4, 0.5) is 5.82 Å². The average Bonchev–Trinajstić information content (AvgIpc) is 2.51. The minimum atomic E-state index is 0.373. The van der Waals surface area contributed by atoms with Gasteiger partial charge >= 0.3 is 0 Å². The molecule has 0 amide bonds. The normalized spacial score (nSPS) is 10.8. The molecule has 0 atom stereocenters. The van der Waals surface area contributed by atoms with Crippen molar-refractivity contribution in [2.75, 3.05) is 12.8 Å². The van der Waals surface area contributed by atoms with Crippen LogP contribution in [-0.2, 0) is 11.3 Å². The second-order valence-corrected chi connectivity index (χ2v) is 2.56. The molecule has 2 N–H and O–H groups in total. The van der Waals surface area contributed by atoms with E-state index in [1.807, 2.05) is 0 Å². The van der Waals surface area contributed by atoms with E-state index >= 15 is 0 Å². The first-order chi connectivity index (χ1) is 6.33. The summed E-state index contributed by atoms with van der Waals surface area (Å²) in [7, 11) is 1.60. The van der Waals surface area contributed by atoms with Crippen LogP contribution in [0.25, 0.3) is 5.65 Å². The Morgan fingerprint density at radius 2 is 2.38 bits per heavy atom. The summed E-state index contributed by atoms with van der Waals surface area (Å²) in [5.74, 6) is 1.09. The molecule has 0 aliphatic heterocycles. The van der Waals surface area contributed by atoms with Crippen molar-refractivity contribution in [1.29, 1.82) is 0 Å². The Hall–Kier alpha value is -1.69. The first-order valence-corrected chi connectivity index (χ1v) is 3.76. The molecule has 13 heavy (non-hydrogen) atoms. The molecule has 0 saturated carbocycles. The lowest BCUT2D eigenvalue weighted by Gasteiger charge is -1.97. The van der Waals surface area contributed by atoms with Crippen molar-refractivity contribution in [3.05, 3.63) is 18.2 Å². The molecule has 2 aromatic rings. The first-order valence-electron chi connectivity index (χ1n) is 3.76. The number of nitrogens with two attached hydrogens (primary N) is 1. The van der Waals surface area contributed by atoms with Crippen LogP contribution in [-0.4, -0.2) is 26.7 Å². The molecule has 6 heteroatoms. The number of anilines is 1. The Morgan fingerprint density at radius 3 is 3.15 bits per heavy atom. The van der Waals surface area contributed by atoms with Gasteiger partial charge in [0.15, 0.2) is 11.6 Å². The summed E-state index contributed by atoms with van der Waals surface area (Å²) >= 11 is 0. The fraction of sp³-hybridized carbons (Fsp3) is 0.286. The molecule has 0 fully saturated rings. The number of nitrogen functional groups attached to an aromatic ring is 1. The molecule has 0 aromatic carbocycles. The highest BCUT2D eigenvalue weighted by Crippen LogP contribution is 2.08. The zero-order valence-corrected chi connectivity index (χ0v) is 7.14. The van der Waals surface area contributed by atoms with E-state index in [-0.39, 0.29) is 0 Å². The summed E-state index contributed by atoms with van der Waals surface area (Å²) in [6.07, 6.45) is 3.35. The molecule has 0 aliphatic carbocycles. The number of methoxy groups -OCH3 is 1. The maximum absolute atomic E-state index is 5.59. The van der Waals surface area contributed by atoms with Crippen molar-refractivity contribution in [3.8, 4) is 0 Å². The number of hydrogen-bond acceptors (Lipinski definition) is 5. The second kappa shape index (κ2) is 2.98. The Balaban J connectivity index is 2.61. The van der Waals surface area contributed by atoms with E-state index in [9.17, 15) is 0 Å². The lowest BCUT2D eigenvalue weighted by molar-refractivity contribution is 0.177. The summed E-state index contributed by atoms with van der Waals surface area (Å²) in [5.41, 5.74) is 6.15. The second-order valence-electron chi connectivity index (χ2n) is 2.56. The van der Waals surface area contributed by atoms with Crippen molar-refractivity contribution in [1.82, 2.24) is 19.6 Å². The Morgan fingerprint density at radius 1 is 1.54 bits per heavy atom. The molecule has 6 nitrogen and oxygen atoms in total. The quantitative estimate of drug-likeness (QED) is 0.693. The maximum Gasteiger partial charge on any atom is 0.203 e. The summed E-state index contributed by atoms with van der Waals surface area (Å²) in [5, 5.41) is 7.80. The van der Waals surface area contributed by atoms with Gasteiger partial charge in [-0.1, -0.05) is 0 Å². The Labute approximate surface area is 74.4 Å². The molecule has 0 aliphatic rings. The van der Waals surface area contributed by atoms with E-state index in [0.717, 1.165) is 0 Å². The number of fused-ring (bicyclic) bond motifs is 1. The molecule has 0 spiro atoms. The van der Waals surface area contributed by atoms with Crippen LogP contribution in [0, 0.1) is 0 Å². The standard InChI is InChI=1S/C7H9N5O/c1-13-4-5-10-11-7-6(8)9-2-3-12(5)7/h2-3H,4H2,1H3,(H2,8,9). The lowest BCUT2D eigenvalue weighted by atomic mass is 10.6. The molecule has 2 aromatic heterocycles. The average molecular weight is 179 g/mol. The molecule has 68 valence electrons. The van der Waals surface area contributed by atoms with Crippen LogP contribution in [0.3, 0.4) is 0 Å². The fourth-order valence-electron chi connectivity index (χ4n) is 1.12. The lowest BCUT2D eigenvalue weighted by Crippen LogP contribution is -1.99. The molecule has 0 radical (unpaired) electrons. The number of rotatable bonds is 2. The van der Waals surface area contributed by atoms with Crippen molar-refractivity contribution >= 4 is 11.5 Å². The highest BCUT2D eigenvalue weighted by Gasteiger charge is 2.06. The largest absolute Gasteiger partial charge is 0.381 e. The van der Waals surface area contributed by atoms with Crippen molar-refractivity contribution < 1.29 is 4.74 Å². The molecule has 0 saturated heterocycles.